The molecule has 1 unspecified atom stereocenters. The summed E-state index contributed by atoms with van der Waals surface area (Å²) in [5.41, 5.74) is 2.75. The summed E-state index contributed by atoms with van der Waals surface area (Å²) in [6.45, 7) is 9.45. The molecular weight excluding hydrogens is 428 g/mol. The minimum Gasteiger partial charge on any atom is -0.383 e. The molecule has 180 valence electrons. The van der Waals surface area contributed by atoms with Crippen molar-refractivity contribution >= 4 is 11.8 Å². The van der Waals surface area contributed by atoms with Gasteiger partial charge in [0.25, 0.3) is 0 Å². The molecule has 4 rings (SSSR count). The summed E-state index contributed by atoms with van der Waals surface area (Å²) in [6, 6.07) is 15.8. The molecule has 0 aliphatic carbocycles. The Bertz CT molecular complexity index is 1080. The van der Waals surface area contributed by atoms with E-state index in [9.17, 15) is 4.79 Å². The second-order valence-electron chi connectivity index (χ2n) is 9.76. The molecule has 2 amide bonds. The van der Waals surface area contributed by atoms with Crippen molar-refractivity contribution in [1.82, 2.24) is 25.0 Å². The monoisotopic (exact) mass is 462 g/mol. The van der Waals surface area contributed by atoms with Gasteiger partial charge in [0.1, 0.15) is 5.82 Å². The van der Waals surface area contributed by atoms with Crippen molar-refractivity contribution in [2.45, 2.75) is 38.1 Å². The smallest absolute Gasteiger partial charge is 0.320 e. The third-order valence-corrected chi connectivity index (χ3v) is 6.16. The van der Waals surface area contributed by atoms with E-state index in [-0.39, 0.29) is 23.4 Å². The molecule has 2 aromatic heterocycles. The van der Waals surface area contributed by atoms with Crippen LogP contribution in [0.5, 0.6) is 0 Å². The molecule has 3 heterocycles. The Morgan fingerprint density at radius 3 is 2.62 bits per heavy atom. The van der Waals surface area contributed by atoms with Gasteiger partial charge in [-0.05, 0) is 17.7 Å². The number of likely N-dealkylation sites (tertiary alicyclic amines) is 1. The number of benzene rings is 1. The van der Waals surface area contributed by atoms with Gasteiger partial charge in [0.05, 0.1) is 30.2 Å². The van der Waals surface area contributed by atoms with Crippen LogP contribution in [0.15, 0.2) is 60.9 Å². The second kappa shape index (κ2) is 10.4. The Kier molecular flexibility index (Phi) is 7.29. The lowest BCUT2D eigenvalue weighted by Gasteiger charge is -2.20. The van der Waals surface area contributed by atoms with Gasteiger partial charge in [-0.3, -0.25) is 15.2 Å². The van der Waals surface area contributed by atoms with Gasteiger partial charge < -0.3 is 10.1 Å². The van der Waals surface area contributed by atoms with E-state index in [1.165, 1.54) is 5.56 Å². The number of amides is 2. The molecule has 1 saturated heterocycles. The minimum atomic E-state index is -0.245. The molecule has 8 nitrogen and oxygen atoms in total. The zero-order valence-corrected chi connectivity index (χ0v) is 20.4. The topological polar surface area (TPSA) is 84.3 Å². The molecule has 0 saturated carbocycles. The molecule has 0 spiro atoms. The van der Waals surface area contributed by atoms with E-state index in [0.717, 1.165) is 31.0 Å². The van der Waals surface area contributed by atoms with Gasteiger partial charge in [-0.2, -0.15) is 5.10 Å². The molecule has 8 heteroatoms. The normalized spacial score (nSPS) is 18.7. The maximum absolute atomic E-state index is 13.2. The van der Waals surface area contributed by atoms with E-state index < -0.39 is 0 Å². The third kappa shape index (κ3) is 5.63. The van der Waals surface area contributed by atoms with Crippen LogP contribution in [0.3, 0.4) is 0 Å². The summed E-state index contributed by atoms with van der Waals surface area (Å²) in [4.78, 5) is 19.7. The summed E-state index contributed by atoms with van der Waals surface area (Å²) in [5.74, 6) is 0.818. The number of nitrogens with one attached hydrogen (secondary N) is 2. The summed E-state index contributed by atoms with van der Waals surface area (Å²) in [7, 11) is 1.71. The van der Waals surface area contributed by atoms with Crippen molar-refractivity contribution in [3.8, 4) is 5.69 Å². The summed E-state index contributed by atoms with van der Waals surface area (Å²) >= 11 is 0. The molecule has 0 bridgehead atoms. The quantitative estimate of drug-likeness (QED) is 0.558. The average molecular weight is 463 g/mol. The first kappa shape index (κ1) is 23.9. The number of pyridine rings is 1. The average Bonchev–Trinajstić information content (AvgIpc) is 3.43. The molecular formula is C26H34N6O2. The van der Waals surface area contributed by atoms with Gasteiger partial charge in [-0.15, -0.1) is 0 Å². The van der Waals surface area contributed by atoms with Crippen LogP contribution >= 0.6 is 0 Å². The lowest BCUT2D eigenvalue weighted by atomic mass is 9.92. The van der Waals surface area contributed by atoms with E-state index in [1.807, 2.05) is 36.4 Å². The Labute approximate surface area is 201 Å². The summed E-state index contributed by atoms with van der Waals surface area (Å²) < 4.78 is 7.01. The van der Waals surface area contributed by atoms with E-state index >= 15 is 0 Å². The highest BCUT2D eigenvalue weighted by Crippen LogP contribution is 2.29. The van der Waals surface area contributed by atoms with Gasteiger partial charge in [0, 0.05) is 50.3 Å². The van der Waals surface area contributed by atoms with Crippen LogP contribution in [0.2, 0.25) is 0 Å². The van der Waals surface area contributed by atoms with Crippen molar-refractivity contribution in [2.75, 3.05) is 38.7 Å². The van der Waals surface area contributed by atoms with Crippen molar-refractivity contribution < 1.29 is 9.53 Å². The number of rotatable bonds is 7. The number of ether oxygens (including phenoxy) is 1. The molecule has 1 aliphatic heterocycles. The molecule has 2 N–H and O–H groups in total. The fourth-order valence-corrected chi connectivity index (χ4v) is 4.31. The Morgan fingerprint density at radius 1 is 1.15 bits per heavy atom. The van der Waals surface area contributed by atoms with Crippen molar-refractivity contribution in [1.29, 1.82) is 0 Å². The van der Waals surface area contributed by atoms with Crippen LogP contribution in [0.1, 0.15) is 37.9 Å². The first-order valence-corrected chi connectivity index (χ1v) is 11.7. The highest BCUT2D eigenvalue weighted by atomic mass is 16.5. The number of hydrogen-bond donors (Lipinski definition) is 2. The molecule has 0 radical (unpaired) electrons. The van der Waals surface area contributed by atoms with Crippen LogP contribution in [0.4, 0.5) is 10.6 Å². The Hall–Kier alpha value is -3.23. The molecule has 1 aliphatic rings. The van der Waals surface area contributed by atoms with Crippen molar-refractivity contribution in [2.24, 2.45) is 0 Å². The number of aromatic nitrogens is 3. The number of hydrogen-bond acceptors (Lipinski definition) is 5. The lowest BCUT2D eigenvalue weighted by Crippen LogP contribution is -2.42. The predicted molar refractivity (Wildman–Crippen MR) is 134 cm³/mol. The van der Waals surface area contributed by atoms with Crippen LogP contribution in [0.25, 0.3) is 5.69 Å². The van der Waals surface area contributed by atoms with E-state index in [2.05, 4.69) is 53.4 Å². The summed E-state index contributed by atoms with van der Waals surface area (Å²) in [5, 5.41) is 11.0. The fraction of sp³-hybridized carbons (Fsp3) is 0.423. The van der Waals surface area contributed by atoms with Gasteiger partial charge in [-0.25, -0.2) is 9.48 Å². The van der Waals surface area contributed by atoms with Gasteiger partial charge in [0.2, 0.25) is 0 Å². The number of carbonyl (C=O) groups is 1. The molecule has 34 heavy (non-hydrogen) atoms. The number of urea groups is 1. The molecule has 2 atom stereocenters. The van der Waals surface area contributed by atoms with E-state index in [1.54, 1.807) is 24.2 Å². The lowest BCUT2D eigenvalue weighted by molar-refractivity contribution is 0.159. The highest BCUT2D eigenvalue weighted by Gasteiger charge is 2.34. The predicted octanol–water partition coefficient (Wildman–Crippen LogP) is 3.80. The number of carbonyl (C=O) groups excluding carboxylic acids is 1. The zero-order valence-electron chi connectivity index (χ0n) is 20.4. The third-order valence-electron chi connectivity index (χ3n) is 6.16. The largest absolute Gasteiger partial charge is 0.383 e. The van der Waals surface area contributed by atoms with Crippen molar-refractivity contribution in [3.05, 3.63) is 72.2 Å². The number of anilines is 1. The Morgan fingerprint density at radius 2 is 1.94 bits per heavy atom. The molecule has 3 aromatic rings. The van der Waals surface area contributed by atoms with E-state index in [0.29, 0.717) is 12.4 Å². The number of nitrogens with zero attached hydrogens (tertiary/aromatic N) is 4. The first-order chi connectivity index (χ1) is 16.3. The maximum atomic E-state index is 13.2. The molecule has 1 aromatic carbocycles. The van der Waals surface area contributed by atoms with Gasteiger partial charge in [-0.1, -0.05) is 51.1 Å². The van der Waals surface area contributed by atoms with Crippen molar-refractivity contribution in [3.63, 3.8) is 0 Å². The van der Waals surface area contributed by atoms with Crippen LogP contribution in [0, 0.1) is 0 Å². The van der Waals surface area contributed by atoms with Crippen LogP contribution in [-0.2, 0) is 10.2 Å². The van der Waals surface area contributed by atoms with E-state index in [4.69, 9.17) is 9.84 Å². The standard InChI is InChI=1S/C26H34N6O2/c1-26(2,3)23-15-24(32(30-23)20-11-8-12-27-16-20)29-25(33)28-22-18-31(13-14-34-4)17-21(22)19-9-6-5-7-10-19/h5-12,15-16,21-22H,13-14,17-18H2,1-4H3,(H2,28,29,33)/t21?,22-/m1/s1. The maximum Gasteiger partial charge on any atom is 0.320 e. The second-order valence-corrected chi connectivity index (χ2v) is 9.76. The van der Waals surface area contributed by atoms with Crippen LogP contribution in [-0.4, -0.2) is 65.1 Å². The Balaban J connectivity index is 1.53. The van der Waals surface area contributed by atoms with Gasteiger partial charge in [0.15, 0.2) is 0 Å². The minimum absolute atomic E-state index is 0.0175. The van der Waals surface area contributed by atoms with Crippen LogP contribution < -0.4 is 10.6 Å². The summed E-state index contributed by atoms with van der Waals surface area (Å²) in [6.07, 6.45) is 3.45. The first-order valence-electron chi connectivity index (χ1n) is 11.7. The zero-order chi connectivity index (χ0) is 24.1. The molecule has 1 fully saturated rings. The SMILES string of the molecule is COCCN1CC(c2ccccc2)[C@H](NC(=O)Nc2cc(C(C)(C)C)nn2-c2cccnc2)C1. The highest BCUT2D eigenvalue weighted by molar-refractivity contribution is 5.89. The number of methoxy groups -OCH3 is 1. The van der Waals surface area contributed by atoms with Gasteiger partial charge >= 0.3 is 6.03 Å². The fourth-order valence-electron chi connectivity index (χ4n) is 4.31.